The largest absolute Gasteiger partial charge is 0.359 e. The molecule has 1 unspecified atom stereocenters. The van der Waals surface area contributed by atoms with Gasteiger partial charge in [-0.2, -0.15) is 0 Å². The van der Waals surface area contributed by atoms with Crippen LogP contribution in [-0.2, 0) is 0 Å². The summed E-state index contributed by atoms with van der Waals surface area (Å²) in [5.41, 5.74) is 0. The molecule has 10 heavy (non-hydrogen) atoms. The summed E-state index contributed by atoms with van der Waals surface area (Å²) in [7, 11) is 0. The highest BCUT2D eigenvalue weighted by molar-refractivity contribution is 4.94. The van der Waals surface area contributed by atoms with Crippen molar-refractivity contribution in [3.8, 4) is 0 Å². The molecular weight excluding hydrogens is 124 g/mol. The summed E-state index contributed by atoms with van der Waals surface area (Å²) in [6.45, 7) is 7.73. The Labute approximate surface area is 62.2 Å². The molecule has 1 atom stereocenters. The van der Waals surface area contributed by atoms with Crippen LogP contribution in [0.3, 0.4) is 0 Å². The fourth-order valence-corrected chi connectivity index (χ4v) is 1.04. The number of nitrogens with zero attached hydrogens (tertiary/aromatic N) is 1. The van der Waals surface area contributed by atoms with Crippen LogP contribution in [0.4, 0.5) is 0 Å². The molecule has 1 aliphatic heterocycles. The van der Waals surface area contributed by atoms with Crippen molar-refractivity contribution in [3.63, 3.8) is 0 Å². The lowest BCUT2D eigenvalue weighted by Gasteiger charge is -2.30. The Bertz CT molecular complexity index is 140. The monoisotopic (exact) mass is 138 g/mol. The van der Waals surface area contributed by atoms with Crippen LogP contribution in [0.15, 0.2) is 24.9 Å². The third-order valence-corrected chi connectivity index (χ3v) is 1.67. The van der Waals surface area contributed by atoms with Crippen molar-refractivity contribution in [2.75, 3.05) is 13.1 Å². The van der Waals surface area contributed by atoms with Gasteiger partial charge in [-0.15, -0.1) is 6.58 Å². The summed E-state index contributed by atoms with van der Waals surface area (Å²) in [6.07, 6.45) is 6.59. The molecule has 0 spiro atoms. The maximum absolute atomic E-state index is 3.69. The van der Waals surface area contributed by atoms with E-state index in [0.717, 1.165) is 13.1 Å². The van der Waals surface area contributed by atoms with Crippen molar-refractivity contribution >= 4 is 0 Å². The Morgan fingerprint density at radius 2 is 2.70 bits per heavy atom. The van der Waals surface area contributed by atoms with E-state index in [-0.39, 0.29) is 0 Å². The van der Waals surface area contributed by atoms with Crippen molar-refractivity contribution in [1.82, 2.24) is 10.2 Å². The van der Waals surface area contributed by atoms with E-state index in [1.807, 2.05) is 6.08 Å². The molecule has 0 aromatic heterocycles. The number of hydrogen-bond donors (Lipinski definition) is 1. The Kier molecular flexibility index (Phi) is 2.51. The molecule has 56 valence electrons. The van der Waals surface area contributed by atoms with E-state index in [1.165, 1.54) is 0 Å². The lowest BCUT2D eigenvalue weighted by molar-refractivity contribution is 0.265. The molecule has 2 nitrogen and oxygen atoms in total. The first-order valence-corrected chi connectivity index (χ1v) is 3.61. The Morgan fingerprint density at radius 1 is 1.90 bits per heavy atom. The molecule has 0 aromatic carbocycles. The summed E-state index contributed by atoms with van der Waals surface area (Å²) in [6, 6.07) is 0. The minimum absolute atomic E-state index is 0.447. The summed E-state index contributed by atoms with van der Waals surface area (Å²) in [4.78, 5) is 2.20. The molecule has 0 fully saturated rings. The topological polar surface area (TPSA) is 15.3 Å². The van der Waals surface area contributed by atoms with Gasteiger partial charge in [0.05, 0.1) is 6.17 Å². The van der Waals surface area contributed by atoms with Gasteiger partial charge in [0.15, 0.2) is 0 Å². The van der Waals surface area contributed by atoms with Crippen LogP contribution in [0.1, 0.15) is 6.92 Å². The van der Waals surface area contributed by atoms with Crippen LogP contribution in [0.5, 0.6) is 0 Å². The normalized spacial score (nSPS) is 24.9. The SMILES string of the molecule is C=CCN1C=CCNC1C. The van der Waals surface area contributed by atoms with E-state index < -0.39 is 0 Å². The van der Waals surface area contributed by atoms with Crippen LogP contribution >= 0.6 is 0 Å². The average Bonchev–Trinajstić information content (AvgIpc) is 1.94. The summed E-state index contributed by atoms with van der Waals surface area (Å²) in [5, 5.41) is 3.31. The molecule has 0 saturated heterocycles. The van der Waals surface area contributed by atoms with Crippen LogP contribution in [0.25, 0.3) is 0 Å². The van der Waals surface area contributed by atoms with E-state index in [1.54, 1.807) is 0 Å². The summed E-state index contributed by atoms with van der Waals surface area (Å²) >= 11 is 0. The van der Waals surface area contributed by atoms with Gasteiger partial charge in [-0.3, -0.25) is 5.32 Å². The molecule has 2 heteroatoms. The first kappa shape index (κ1) is 7.35. The highest BCUT2D eigenvalue weighted by Crippen LogP contribution is 2.00. The molecule has 0 amide bonds. The molecule has 0 aromatic rings. The van der Waals surface area contributed by atoms with Gasteiger partial charge in [-0.1, -0.05) is 12.2 Å². The molecule has 1 aliphatic rings. The zero-order valence-electron chi connectivity index (χ0n) is 6.38. The summed E-state index contributed by atoms with van der Waals surface area (Å²) < 4.78 is 0. The lowest BCUT2D eigenvalue weighted by atomic mass is 10.3. The molecular formula is C8H14N2. The molecule has 1 N–H and O–H groups in total. The van der Waals surface area contributed by atoms with Gasteiger partial charge in [0.2, 0.25) is 0 Å². The fraction of sp³-hybridized carbons (Fsp3) is 0.500. The number of rotatable bonds is 2. The van der Waals surface area contributed by atoms with Crippen LogP contribution in [0.2, 0.25) is 0 Å². The van der Waals surface area contributed by atoms with E-state index in [2.05, 4.69) is 36.0 Å². The van der Waals surface area contributed by atoms with Crippen molar-refractivity contribution in [3.05, 3.63) is 24.9 Å². The molecule has 0 radical (unpaired) electrons. The van der Waals surface area contributed by atoms with Crippen molar-refractivity contribution in [2.45, 2.75) is 13.1 Å². The highest BCUT2D eigenvalue weighted by atomic mass is 15.3. The number of hydrogen-bond acceptors (Lipinski definition) is 2. The molecule has 1 rings (SSSR count). The minimum atomic E-state index is 0.447. The van der Waals surface area contributed by atoms with Crippen molar-refractivity contribution < 1.29 is 0 Å². The third-order valence-electron chi connectivity index (χ3n) is 1.67. The fourth-order valence-electron chi connectivity index (χ4n) is 1.04. The van der Waals surface area contributed by atoms with E-state index in [9.17, 15) is 0 Å². The van der Waals surface area contributed by atoms with Gasteiger partial charge in [0.1, 0.15) is 0 Å². The van der Waals surface area contributed by atoms with Crippen LogP contribution < -0.4 is 5.32 Å². The maximum Gasteiger partial charge on any atom is 0.0767 e. The van der Waals surface area contributed by atoms with Crippen LogP contribution in [-0.4, -0.2) is 24.2 Å². The Balaban J connectivity index is 2.46. The van der Waals surface area contributed by atoms with E-state index in [0.29, 0.717) is 6.17 Å². The van der Waals surface area contributed by atoms with Gasteiger partial charge >= 0.3 is 0 Å². The molecule has 0 saturated carbocycles. The second-order valence-electron chi connectivity index (χ2n) is 2.45. The smallest absolute Gasteiger partial charge is 0.0767 e. The summed E-state index contributed by atoms with van der Waals surface area (Å²) in [5.74, 6) is 0. The quantitative estimate of drug-likeness (QED) is 0.571. The maximum atomic E-state index is 3.69. The molecule has 0 aliphatic carbocycles. The van der Waals surface area contributed by atoms with E-state index >= 15 is 0 Å². The molecule has 0 bridgehead atoms. The zero-order chi connectivity index (χ0) is 7.40. The lowest BCUT2D eigenvalue weighted by Crippen LogP contribution is -2.43. The Hall–Kier alpha value is -0.760. The van der Waals surface area contributed by atoms with Gasteiger partial charge < -0.3 is 4.90 Å². The predicted molar refractivity (Wildman–Crippen MR) is 43.5 cm³/mol. The highest BCUT2D eigenvalue weighted by Gasteiger charge is 2.08. The number of nitrogens with one attached hydrogen (secondary N) is 1. The van der Waals surface area contributed by atoms with Gasteiger partial charge in [-0.05, 0) is 13.1 Å². The van der Waals surface area contributed by atoms with Crippen molar-refractivity contribution in [2.24, 2.45) is 0 Å². The first-order valence-electron chi connectivity index (χ1n) is 3.61. The van der Waals surface area contributed by atoms with Crippen molar-refractivity contribution in [1.29, 1.82) is 0 Å². The zero-order valence-corrected chi connectivity index (χ0v) is 6.38. The van der Waals surface area contributed by atoms with E-state index in [4.69, 9.17) is 0 Å². The van der Waals surface area contributed by atoms with Gasteiger partial charge in [-0.25, -0.2) is 0 Å². The Morgan fingerprint density at radius 3 is 3.30 bits per heavy atom. The predicted octanol–water partition coefficient (Wildman–Crippen LogP) is 0.937. The second-order valence-corrected chi connectivity index (χ2v) is 2.45. The van der Waals surface area contributed by atoms with Crippen LogP contribution in [0, 0.1) is 0 Å². The first-order chi connectivity index (χ1) is 4.84. The minimum Gasteiger partial charge on any atom is -0.359 e. The van der Waals surface area contributed by atoms with Gasteiger partial charge in [0.25, 0.3) is 0 Å². The molecule has 1 heterocycles. The second kappa shape index (κ2) is 3.42. The van der Waals surface area contributed by atoms with Gasteiger partial charge in [0, 0.05) is 13.1 Å². The standard InChI is InChI=1S/C8H14N2/c1-3-6-10-7-4-5-9-8(10)2/h3-4,7-9H,1,5-6H2,2H3. The average molecular weight is 138 g/mol. The third kappa shape index (κ3) is 1.61.